The summed E-state index contributed by atoms with van der Waals surface area (Å²) in [6.45, 7) is 0.865. The molecule has 1 aromatic carbocycles. The summed E-state index contributed by atoms with van der Waals surface area (Å²) in [4.78, 5) is 6.20. The van der Waals surface area contributed by atoms with E-state index in [9.17, 15) is 0 Å². The van der Waals surface area contributed by atoms with Crippen LogP contribution in [-0.4, -0.2) is 18.6 Å². The minimum absolute atomic E-state index is 0.714. The summed E-state index contributed by atoms with van der Waals surface area (Å²) in [7, 11) is 2.01. The zero-order valence-corrected chi connectivity index (χ0v) is 10.4. The van der Waals surface area contributed by atoms with Crippen LogP contribution in [0, 0.1) is 11.3 Å². The van der Waals surface area contributed by atoms with Gasteiger partial charge < -0.3 is 4.90 Å². The average Bonchev–Trinajstić information content (AvgIpc) is 2.45. The molecule has 0 radical (unpaired) electrons. The molecule has 0 bridgehead atoms. The van der Waals surface area contributed by atoms with E-state index in [1.54, 1.807) is 6.20 Å². The fraction of sp³-hybridized carbons (Fsp3) is 0.200. The Morgan fingerprint density at radius 2 is 2.06 bits per heavy atom. The van der Waals surface area contributed by atoms with Gasteiger partial charge in [0.05, 0.1) is 11.3 Å². The molecule has 0 saturated heterocycles. The Bertz CT molecular complexity index is 543. The van der Waals surface area contributed by atoms with E-state index >= 15 is 0 Å². The average molecular weight is 237 g/mol. The summed E-state index contributed by atoms with van der Waals surface area (Å²) in [5.41, 5.74) is 2.90. The third-order valence-electron chi connectivity index (χ3n) is 2.89. The molecule has 0 spiro atoms. The van der Waals surface area contributed by atoms with Crippen LogP contribution in [0.3, 0.4) is 0 Å². The summed E-state index contributed by atoms with van der Waals surface area (Å²) in [6, 6.07) is 13.9. The normalized spacial score (nSPS) is 9.78. The molecule has 3 heteroatoms. The molecule has 3 nitrogen and oxygen atoms in total. The van der Waals surface area contributed by atoms with E-state index in [4.69, 9.17) is 5.26 Å². The lowest BCUT2D eigenvalue weighted by Crippen LogP contribution is -2.21. The van der Waals surface area contributed by atoms with Gasteiger partial charge in [-0.15, -0.1) is 0 Å². The van der Waals surface area contributed by atoms with Crippen LogP contribution in [0.2, 0.25) is 0 Å². The van der Waals surface area contributed by atoms with Gasteiger partial charge in [-0.3, -0.25) is 4.98 Å². The third-order valence-corrected chi connectivity index (χ3v) is 2.89. The summed E-state index contributed by atoms with van der Waals surface area (Å²) < 4.78 is 0. The van der Waals surface area contributed by atoms with Gasteiger partial charge in [0.2, 0.25) is 0 Å². The Balaban J connectivity index is 2.04. The first-order valence-corrected chi connectivity index (χ1v) is 5.90. The van der Waals surface area contributed by atoms with E-state index in [1.165, 1.54) is 5.56 Å². The van der Waals surface area contributed by atoms with Gasteiger partial charge in [0.25, 0.3) is 0 Å². The number of nitriles is 1. The molecule has 2 aromatic rings. The van der Waals surface area contributed by atoms with Crippen LogP contribution in [0.15, 0.2) is 48.8 Å². The van der Waals surface area contributed by atoms with E-state index in [1.807, 2.05) is 43.6 Å². The van der Waals surface area contributed by atoms with Crippen molar-refractivity contribution in [2.75, 3.05) is 18.5 Å². The molecule has 0 saturated carbocycles. The molecule has 90 valence electrons. The second-order valence-electron chi connectivity index (χ2n) is 4.16. The first-order chi connectivity index (χ1) is 8.81. The van der Waals surface area contributed by atoms with Crippen LogP contribution in [0.4, 0.5) is 5.69 Å². The van der Waals surface area contributed by atoms with E-state index in [-0.39, 0.29) is 0 Å². The largest absolute Gasteiger partial charge is 0.373 e. The zero-order chi connectivity index (χ0) is 12.8. The van der Waals surface area contributed by atoms with Crippen molar-refractivity contribution in [1.29, 1.82) is 5.26 Å². The second kappa shape index (κ2) is 5.83. The number of hydrogen-bond acceptors (Lipinski definition) is 3. The van der Waals surface area contributed by atoms with E-state index < -0.39 is 0 Å². The maximum absolute atomic E-state index is 9.07. The molecule has 0 aliphatic carbocycles. The third kappa shape index (κ3) is 2.86. The Labute approximate surface area is 107 Å². The number of rotatable bonds is 4. The fourth-order valence-corrected chi connectivity index (χ4v) is 1.86. The van der Waals surface area contributed by atoms with Crippen molar-refractivity contribution in [3.8, 4) is 6.07 Å². The predicted octanol–water partition coefficient (Wildman–Crippen LogP) is 2.63. The number of likely N-dealkylation sites (N-methyl/N-ethyl adjacent to an activating group) is 1. The number of hydrogen-bond donors (Lipinski definition) is 0. The molecule has 18 heavy (non-hydrogen) atoms. The number of anilines is 1. The summed E-state index contributed by atoms with van der Waals surface area (Å²) in [5, 5.41) is 9.07. The van der Waals surface area contributed by atoms with Crippen molar-refractivity contribution in [3.05, 3.63) is 59.9 Å². The molecule has 1 heterocycles. The molecule has 0 fully saturated rings. The Morgan fingerprint density at radius 3 is 2.78 bits per heavy atom. The van der Waals surface area contributed by atoms with Gasteiger partial charge >= 0.3 is 0 Å². The van der Waals surface area contributed by atoms with Crippen LogP contribution < -0.4 is 4.90 Å². The highest BCUT2D eigenvalue weighted by Crippen LogP contribution is 2.18. The van der Waals surface area contributed by atoms with Crippen LogP contribution in [-0.2, 0) is 6.42 Å². The molecule has 1 aromatic heterocycles. The minimum Gasteiger partial charge on any atom is -0.373 e. The van der Waals surface area contributed by atoms with Crippen LogP contribution >= 0.6 is 0 Å². The minimum atomic E-state index is 0.714. The second-order valence-corrected chi connectivity index (χ2v) is 4.16. The van der Waals surface area contributed by atoms with Gasteiger partial charge in [0, 0.05) is 26.0 Å². The van der Waals surface area contributed by atoms with Crippen LogP contribution in [0.25, 0.3) is 0 Å². The number of aromatic nitrogens is 1. The smallest absolute Gasteiger partial charge is 0.101 e. The quantitative estimate of drug-likeness (QED) is 0.820. The Hall–Kier alpha value is -2.34. The van der Waals surface area contributed by atoms with Gasteiger partial charge in [0.1, 0.15) is 6.07 Å². The molecular formula is C15H15N3. The van der Waals surface area contributed by atoms with E-state index in [0.29, 0.717) is 5.56 Å². The van der Waals surface area contributed by atoms with Gasteiger partial charge in [-0.25, -0.2) is 0 Å². The SMILES string of the molecule is CN(CCc1cccnc1)c1ccccc1C#N. The summed E-state index contributed by atoms with van der Waals surface area (Å²) in [5.74, 6) is 0. The highest BCUT2D eigenvalue weighted by Gasteiger charge is 2.06. The molecule has 0 amide bonds. The van der Waals surface area contributed by atoms with Crippen molar-refractivity contribution in [1.82, 2.24) is 4.98 Å². The number of para-hydroxylation sites is 1. The number of nitrogens with zero attached hydrogens (tertiary/aromatic N) is 3. The lowest BCUT2D eigenvalue weighted by atomic mass is 10.1. The standard InChI is InChI=1S/C15H15N3/c1-18(10-8-13-5-4-9-17-12-13)15-7-3-2-6-14(15)11-16/h2-7,9,12H,8,10H2,1H3. The highest BCUT2D eigenvalue weighted by molar-refractivity contribution is 5.58. The number of benzene rings is 1. The Kier molecular flexibility index (Phi) is 3.93. The lowest BCUT2D eigenvalue weighted by molar-refractivity contribution is 0.871. The van der Waals surface area contributed by atoms with E-state index in [0.717, 1.165) is 18.7 Å². The molecule has 2 rings (SSSR count). The maximum Gasteiger partial charge on any atom is 0.101 e. The summed E-state index contributed by atoms with van der Waals surface area (Å²) in [6.07, 6.45) is 4.58. The first kappa shape index (κ1) is 12.1. The van der Waals surface area contributed by atoms with Gasteiger partial charge in [0.15, 0.2) is 0 Å². The van der Waals surface area contributed by atoms with Gasteiger partial charge in [-0.2, -0.15) is 5.26 Å². The molecular weight excluding hydrogens is 222 g/mol. The van der Waals surface area contributed by atoms with E-state index in [2.05, 4.69) is 22.0 Å². The van der Waals surface area contributed by atoms with Crippen LogP contribution in [0.1, 0.15) is 11.1 Å². The first-order valence-electron chi connectivity index (χ1n) is 5.90. The highest BCUT2D eigenvalue weighted by atomic mass is 15.1. The zero-order valence-electron chi connectivity index (χ0n) is 10.4. The summed E-state index contributed by atoms with van der Waals surface area (Å²) >= 11 is 0. The number of pyridine rings is 1. The molecule has 0 unspecified atom stereocenters. The van der Waals surface area contributed by atoms with Crippen molar-refractivity contribution in [2.24, 2.45) is 0 Å². The fourth-order valence-electron chi connectivity index (χ4n) is 1.86. The van der Waals surface area contributed by atoms with Crippen molar-refractivity contribution in [3.63, 3.8) is 0 Å². The molecule has 0 N–H and O–H groups in total. The van der Waals surface area contributed by atoms with Crippen molar-refractivity contribution in [2.45, 2.75) is 6.42 Å². The van der Waals surface area contributed by atoms with Gasteiger partial charge in [-0.1, -0.05) is 18.2 Å². The maximum atomic E-state index is 9.07. The van der Waals surface area contributed by atoms with Crippen molar-refractivity contribution >= 4 is 5.69 Å². The lowest BCUT2D eigenvalue weighted by Gasteiger charge is -2.20. The monoisotopic (exact) mass is 237 g/mol. The van der Waals surface area contributed by atoms with Gasteiger partial charge in [-0.05, 0) is 30.2 Å². The topological polar surface area (TPSA) is 39.9 Å². The van der Waals surface area contributed by atoms with Crippen LogP contribution in [0.5, 0.6) is 0 Å². The van der Waals surface area contributed by atoms with Crippen molar-refractivity contribution < 1.29 is 0 Å². The predicted molar refractivity (Wildman–Crippen MR) is 72.4 cm³/mol. The molecule has 0 aliphatic heterocycles. The Morgan fingerprint density at radius 1 is 1.22 bits per heavy atom. The molecule has 0 atom stereocenters. The molecule has 0 aliphatic rings.